The molecule has 0 aromatic heterocycles. The molecule has 0 rings (SSSR count). The van der Waals surface area contributed by atoms with E-state index < -0.39 is 34.5 Å². The van der Waals surface area contributed by atoms with Crippen LogP contribution in [0.4, 0.5) is 0 Å². The van der Waals surface area contributed by atoms with E-state index in [0.29, 0.717) is 0 Å². The van der Waals surface area contributed by atoms with Gasteiger partial charge < -0.3 is 12.3 Å². The number of hydrogen-bond acceptors (Lipinski definition) is 3. The van der Waals surface area contributed by atoms with Crippen LogP contribution < -0.4 is 0 Å². The molecule has 0 aliphatic heterocycles. The molecule has 0 fully saturated rings. The van der Waals surface area contributed by atoms with Crippen molar-refractivity contribution in [1.82, 2.24) is 0 Å². The molecule has 0 amide bonds. The molecule has 0 atom stereocenters. The monoisotopic (exact) mass is 586 g/mol. The van der Waals surface area contributed by atoms with Crippen LogP contribution in [0.25, 0.3) is 0 Å². The van der Waals surface area contributed by atoms with Crippen LogP contribution in [0.5, 0.6) is 0 Å². The van der Waals surface area contributed by atoms with Crippen LogP contribution in [0.2, 0.25) is 45.8 Å². The molecule has 0 aliphatic carbocycles. The molecule has 3 nitrogen and oxygen atoms in total. The summed E-state index contributed by atoms with van der Waals surface area (Å²) in [6.07, 6.45) is 0. The average molecular weight is 587 g/mol. The van der Waals surface area contributed by atoms with Crippen molar-refractivity contribution in [3.05, 3.63) is 24.6 Å². The molecule has 107 valence electrons. The molecule has 0 aromatic rings. The average Bonchev–Trinajstić information content (AvgIpc) is 2.14. The van der Waals surface area contributed by atoms with Gasteiger partial charge in [-0.3, -0.25) is 0 Å². The van der Waals surface area contributed by atoms with E-state index in [1.807, 2.05) is 17.9 Å². The summed E-state index contributed by atoms with van der Waals surface area (Å²) in [5, 5.41) is 0. The second kappa shape index (κ2) is 7.13. The molecule has 0 heterocycles. The van der Waals surface area contributed by atoms with Crippen LogP contribution in [-0.2, 0) is 12.3 Å². The summed E-state index contributed by atoms with van der Waals surface area (Å²) in [5.41, 5.74) is 3.87. The molecule has 19 heavy (non-hydrogen) atoms. The molecule has 0 spiro atoms. The predicted octanol–water partition coefficient (Wildman–Crippen LogP) is 3.72. The molecule has 0 aromatic carbocycles. The van der Waals surface area contributed by atoms with Crippen molar-refractivity contribution >= 4 is 34.5 Å². The Morgan fingerprint density at radius 3 is 1.63 bits per heavy atom. The van der Waals surface area contributed by atoms with Gasteiger partial charge in [-0.2, -0.15) is 0 Å². The zero-order chi connectivity index (χ0) is 14.6. The van der Waals surface area contributed by atoms with Gasteiger partial charge in [0.05, 0.1) is 0 Å². The molecule has 0 aliphatic rings. The SMILES string of the molecule is C=C[Si](C)(C)O[Si](C)O[Si](C)(C)O[Si](C)(C)C=C.[Rf]. The molecular formula is C11H27O3RfSi4. The first-order valence-corrected chi connectivity index (χ1v) is 16.7. The van der Waals surface area contributed by atoms with Gasteiger partial charge in [-0.25, -0.2) is 0 Å². The Bertz CT molecular complexity index is 308. The van der Waals surface area contributed by atoms with Gasteiger partial charge in [-0.05, 0) is 45.8 Å². The zero-order valence-electron chi connectivity index (χ0n) is 13.5. The summed E-state index contributed by atoms with van der Waals surface area (Å²) in [6, 6.07) is 0. The Kier molecular flexibility index (Phi) is 7.71. The number of hydrogen-bond donors (Lipinski definition) is 0. The molecule has 0 bridgehead atoms. The molecular weight excluding hydrogens is 559 g/mol. The minimum Gasteiger partial charge on any atom is -0.433 e. The van der Waals surface area contributed by atoms with E-state index in [0.717, 1.165) is 0 Å². The Morgan fingerprint density at radius 1 is 0.842 bits per heavy atom. The third-order valence-corrected chi connectivity index (χ3v) is 14.7. The zero-order valence-corrected chi connectivity index (χ0v) is 23.9. The maximum atomic E-state index is 6.17. The van der Waals surface area contributed by atoms with Gasteiger partial charge in [0, 0.05) is 0 Å². The Labute approximate surface area is 117 Å². The molecule has 0 unspecified atom stereocenters. The van der Waals surface area contributed by atoms with Gasteiger partial charge in [0.25, 0.3) is 0 Å². The largest absolute Gasteiger partial charge is 0.433 e. The first-order valence-electron chi connectivity index (χ1n) is 6.12. The third kappa shape index (κ3) is 8.87. The minimum atomic E-state index is -2.14. The molecule has 8 heteroatoms. The van der Waals surface area contributed by atoms with E-state index in [1.54, 1.807) is 0 Å². The van der Waals surface area contributed by atoms with Crippen LogP contribution in [0.1, 0.15) is 0 Å². The third-order valence-electron chi connectivity index (χ3n) is 2.29. The summed E-state index contributed by atoms with van der Waals surface area (Å²) in [5.74, 6) is 0. The molecule has 0 saturated heterocycles. The molecule has 0 N–H and O–H groups in total. The van der Waals surface area contributed by atoms with Crippen LogP contribution in [0.15, 0.2) is 24.6 Å². The fourth-order valence-electron chi connectivity index (χ4n) is 1.48. The fraction of sp³-hybridized carbons (Fsp3) is 0.636. The van der Waals surface area contributed by atoms with E-state index >= 15 is 0 Å². The van der Waals surface area contributed by atoms with Crippen molar-refractivity contribution in [2.75, 3.05) is 0 Å². The first-order chi connectivity index (χ1) is 7.93. The number of rotatable bonds is 8. The topological polar surface area (TPSA) is 27.7 Å². The maximum Gasteiger partial charge on any atom is 0.360 e. The van der Waals surface area contributed by atoms with Gasteiger partial charge in [-0.15, -0.1) is 13.2 Å². The van der Waals surface area contributed by atoms with Crippen LogP contribution >= 0.6 is 0 Å². The van der Waals surface area contributed by atoms with Crippen molar-refractivity contribution in [3.63, 3.8) is 0 Å². The quantitative estimate of drug-likeness (QED) is 0.406. The van der Waals surface area contributed by atoms with Gasteiger partial charge in [0.1, 0.15) is 0 Å². The van der Waals surface area contributed by atoms with Crippen LogP contribution in [0.3, 0.4) is 0 Å². The smallest absolute Gasteiger partial charge is 0.360 e. The van der Waals surface area contributed by atoms with E-state index in [4.69, 9.17) is 12.3 Å². The van der Waals surface area contributed by atoms with E-state index in [-0.39, 0.29) is 0 Å². The maximum absolute atomic E-state index is 6.17. The summed E-state index contributed by atoms with van der Waals surface area (Å²) < 4.78 is 18.3. The van der Waals surface area contributed by atoms with Crippen molar-refractivity contribution < 1.29 is 12.3 Å². The fourth-order valence-corrected chi connectivity index (χ4v) is 14.0. The Morgan fingerprint density at radius 2 is 1.26 bits per heavy atom. The molecule has 1 radical (unpaired) electrons. The van der Waals surface area contributed by atoms with Gasteiger partial charge in [0.15, 0.2) is 16.6 Å². The van der Waals surface area contributed by atoms with E-state index in [1.165, 1.54) is 0 Å². The van der Waals surface area contributed by atoms with Gasteiger partial charge in [-0.1, -0.05) is 11.4 Å². The summed E-state index contributed by atoms with van der Waals surface area (Å²) in [6.45, 7) is 22.3. The van der Waals surface area contributed by atoms with Gasteiger partial charge >= 0.3 is 17.8 Å². The van der Waals surface area contributed by atoms with Gasteiger partial charge in [0.2, 0.25) is 0 Å². The Balaban J connectivity index is 0. The Hall–Kier alpha value is -0.772. The first kappa shape index (κ1) is 20.5. The van der Waals surface area contributed by atoms with E-state index in [9.17, 15) is 0 Å². The summed E-state index contributed by atoms with van der Waals surface area (Å²) in [4.78, 5) is 0. The second-order valence-electron chi connectivity index (χ2n) is 5.81. The molecule has 0 saturated carbocycles. The standard InChI is InChI=1S/C11H27O3Si4.Rf/c1-10-16(4,5)12-15(3)13-18(8,9)14-17(6,7)11-2;/h10-11H,1-2H2,3-9H3;. The van der Waals surface area contributed by atoms with E-state index in [2.05, 4.69) is 52.4 Å². The second-order valence-corrected chi connectivity index (χ2v) is 19.3. The summed E-state index contributed by atoms with van der Waals surface area (Å²) in [7, 11) is -6.98. The van der Waals surface area contributed by atoms with Crippen LogP contribution in [0, 0.1) is 0 Å². The summed E-state index contributed by atoms with van der Waals surface area (Å²) >= 11 is 0. The van der Waals surface area contributed by atoms with Crippen molar-refractivity contribution in [2.45, 2.75) is 45.8 Å². The van der Waals surface area contributed by atoms with Crippen LogP contribution in [-0.4, -0.2) is 34.5 Å². The van der Waals surface area contributed by atoms with Crippen molar-refractivity contribution in [2.24, 2.45) is 0 Å². The minimum absolute atomic E-state index is 0. The van der Waals surface area contributed by atoms with Crippen molar-refractivity contribution in [3.8, 4) is 0 Å². The van der Waals surface area contributed by atoms with Crippen molar-refractivity contribution in [1.29, 1.82) is 0 Å². The normalized spacial score (nSPS) is 13.1. The predicted molar refractivity (Wildman–Crippen MR) is 87.7 cm³/mol.